The number of amides is 1. The number of alkyl halides is 3. The zero-order chi connectivity index (χ0) is 22.6. The Kier molecular flexibility index (Phi) is 6.33. The van der Waals surface area contributed by atoms with Crippen molar-refractivity contribution in [2.24, 2.45) is 0 Å². The van der Waals surface area contributed by atoms with Gasteiger partial charge in [0, 0.05) is 18.3 Å². The molecular formula is C22H19F3N2O4. The first kappa shape index (κ1) is 21.9. The number of carbonyl (C=O) groups is 1. The third-order valence-corrected chi connectivity index (χ3v) is 4.51. The van der Waals surface area contributed by atoms with E-state index in [-0.39, 0.29) is 17.7 Å². The van der Waals surface area contributed by atoms with Crippen molar-refractivity contribution in [3.63, 3.8) is 0 Å². The standard InChI is InChI=1S/C22H19F3N2O4/c1-30-17-7-8-19(31-2)18(11-17)26-21(29)15-6-9-20(28)27(13-15)12-14-4-3-5-16(10-14)22(23,24)25/h3-11,13H,12H2,1-2H3,(H,26,29). The summed E-state index contributed by atoms with van der Waals surface area (Å²) in [6, 6.07) is 12.1. The van der Waals surface area contributed by atoms with Crippen LogP contribution in [-0.4, -0.2) is 24.7 Å². The number of hydrogen-bond acceptors (Lipinski definition) is 4. The molecule has 0 saturated heterocycles. The summed E-state index contributed by atoms with van der Waals surface area (Å²) in [7, 11) is 2.93. The normalized spacial score (nSPS) is 11.1. The summed E-state index contributed by atoms with van der Waals surface area (Å²) in [5.41, 5.74) is -0.465. The molecule has 1 aromatic heterocycles. The van der Waals surface area contributed by atoms with Gasteiger partial charge in [0.1, 0.15) is 11.5 Å². The Balaban J connectivity index is 1.86. The number of anilines is 1. The van der Waals surface area contributed by atoms with E-state index in [1.54, 1.807) is 18.2 Å². The maximum atomic E-state index is 12.9. The largest absolute Gasteiger partial charge is 0.497 e. The lowest BCUT2D eigenvalue weighted by molar-refractivity contribution is -0.137. The second-order valence-electron chi connectivity index (χ2n) is 6.60. The van der Waals surface area contributed by atoms with E-state index in [4.69, 9.17) is 9.47 Å². The zero-order valence-corrected chi connectivity index (χ0v) is 16.7. The van der Waals surface area contributed by atoms with E-state index in [1.165, 1.54) is 49.2 Å². The number of nitrogens with zero attached hydrogens (tertiary/aromatic N) is 1. The molecule has 9 heteroatoms. The zero-order valence-electron chi connectivity index (χ0n) is 16.7. The van der Waals surface area contributed by atoms with Gasteiger partial charge in [0.2, 0.25) is 0 Å². The molecule has 162 valence electrons. The molecule has 3 rings (SSSR count). The molecule has 0 bridgehead atoms. The summed E-state index contributed by atoms with van der Waals surface area (Å²) in [6.45, 7) is -0.119. The summed E-state index contributed by atoms with van der Waals surface area (Å²) in [5.74, 6) is 0.390. The van der Waals surface area contributed by atoms with Gasteiger partial charge in [-0.15, -0.1) is 0 Å². The summed E-state index contributed by atoms with van der Waals surface area (Å²) < 4.78 is 50.4. The lowest BCUT2D eigenvalue weighted by Gasteiger charge is -2.13. The third-order valence-electron chi connectivity index (χ3n) is 4.51. The first-order valence-electron chi connectivity index (χ1n) is 9.11. The van der Waals surface area contributed by atoms with E-state index >= 15 is 0 Å². The first-order valence-corrected chi connectivity index (χ1v) is 9.11. The van der Waals surface area contributed by atoms with Crippen LogP contribution in [0.3, 0.4) is 0 Å². The SMILES string of the molecule is COc1ccc(OC)c(NC(=O)c2ccc(=O)n(Cc3cccc(C(F)(F)F)c3)c2)c1. The maximum absolute atomic E-state index is 12.9. The molecule has 1 heterocycles. The predicted octanol–water partition coefficient (Wildman–Crippen LogP) is 4.18. The summed E-state index contributed by atoms with van der Waals surface area (Å²) in [5, 5.41) is 2.68. The fourth-order valence-corrected chi connectivity index (χ4v) is 2.94. The van der Waals surface area contributed by atoms with Gasteiger partial charge < -0.3 is 19.4 Å². The Morgan fingerprint density at radius 3 is 2.48 bits per heavy atom. The van der Waals surface area contributed by atoms with Crippen LogP contribution in [0.1, 0.15) is 21.5 Å². The van der Waals surface area contributed by atoms with Crippen molar-refractivity contribution in [2.45, 2.75) is 12.7 Å². The van der Waals surface area contributed by atoms with Gasteiger partial charge in [-0.1, -0.05) is 12.1 Å². The molecule has 2 aromatic carbocycles. The van der Waals surface area contributed by atoms with Crippen molar-refractivity contribution >= 4 is 11.6 Å². The Labute approximate surface area is 175 Å². The molecule has 6 nitrogen and oxygen atoms in total. The van der Waals surface area contributed by atoms with Crippen LogP contribution >= 0.6 is 0 Å². The van der Waals surface area contributed by atoms with E-state index in [0.29, 0.717) is 17.2 Å². The third kappa shape index (κ3) is 5.25. The van der Waals surface area contributed by atoms with Gasteiger partial charge >= 0.3 is 6.18 Å². The van der Waals surface area contributed by atoms with Gasteiger partial charge in [0.05, 0.1) is 37.6 Å². The van der Waals surface area contributed by atoms with Crippen molar-refractivity contribution in [2.75, 3.05) is 19.5 Å². The lowest BCUT2D eigenvalue weighted by atomic mass is 10.1. The van der Waals surface area contributed by atoms with E-state index in [2.05, 4.69) is 5.32 Å². The number of rotatable bonds is 6. The van der Waals surface area contributed by atoms with Gasteiger partial charge in [-0.25, -0.2) is 0 Å². The van der Waals surface area contributed by atoms with Crippen molar-refractivity contribution in [3.8, 4) is 11.5 Å². The van der Waals surface area contributed by atoms with Gasteiger partial charge in [-0.2, -0.15) is 13.2 Å². The lowest BCUT2D eigenvalue weighted by Crippen LogP contribution is -2.23. The quantitative estimate of drug-likeness (QED) is 0.634. The number of ether oxygens (including phenoxy) is 2. The fourth-order valence-electron chi connectivity index (χ4n) is 2.94. The first-order chi connectivity index (χ1) is 14.7. The van der Waals surface area contributed by atoms with Crippen LogP contribution in [0.15, 0.2) is 65.6 Å². The molecule has 0 aliphatic rings. The molecule has 0 aliphatic carbocycles. The molecule has 0 radical (unpaired) electrons. The topological polar surface area (TPSA) is 69.6 Å². The molecular weight excluding hydrogens is 413 g/mol. The molecule has 0 spiro atoms. The number of halogens is 3. The highest BCUT2D eigenvalue weighted by Crippen LogP contribution is 2.30. The van der Waals surface area contributed by atoms with Crippen molar-refractivity contribution in [1.82, 2.24) is 4.57 Å². The van der Waals surface area contributed by atoms with Crippen molar-refractivity contribution in [3.05, 3.63) is 87.8 Å². The molecule has 3 aromatic rings. The minimum Gasteiger partial charge on any atom is -0.497 e. The predicted molar refractivity (Wildman–Crippen MR) is 109 cm³/mol. The summed E-state index contributed by atoms with van der Waals surface area (Å²) in [4.78, 5) is 24.9. The van der Waals surface area contributed by atoms with Crippen LogP contribution in [0.5, 0.6) is 11.5 Å². The molecule has 0 atom stereocenters. The number of benzene rings is 2. The smallest absolute Gasteiger partial charge is 0.416 e. The second kappa shape index (κ2) is 8.95. The summed E-state index contributed by atoms with van der Waals surface area (Å²) in [6.07, 6.45) is -3.19. The average molecular weight is 432 g/mol. The Hall–Kier alpha value is -3.75. The van der Waals surface area contributed by atoms with Gasteiger partial charge in [-0.3, -0.25) is 9.59 Å². The van der Waals surface area contributed by atoms with Crippen LogP contribution in [-0.2, 0) is 12.7 Å². The van der Waals surface area contributed by atoms with E-state index < -0.39 is 23.2 Å². The molecule has 1 N–H and O–H groups in total. The van der Waals surface area contributed by atoms with E-state index in [1.807, 2.05) is 0 Å². The van der Waals surface area contributed by atoms with Crippen LogP contribution in [0.25, 0.3) is 0 Å². The maximum Gasteiger partial charge on any atom is 0.416 e. The van der Waals surface area contributed by atoms with E-state index in [0.717, 1.165) is 12.1 Å². The van der Waals surface area contributed by atoms with Crippen LogP contribution in [0.4, 0.5) is 18.9 Å². The number of hydrogen-bond donors (Lipinski definition) is 1. The number of nitrogens with one attached hydrogen (secondary N) is 1. The Morgan fingerprint density at radius 1 is 1.03 bits per heavy atom. The monoisotopic (exact) mass is 432 g/mol. The fraction of sp³-hybridized carbons (Fsp3) is 0.182. The minimum atomic E-state index is -4.49. The second-order valence-corrected chi connectivity index (χ2v) is 6.60. The van der Waals surface area contributed by atoms with Crippen molar-refractivity contribution < 1.29 is 27.4 Å². The van der Waals surface area contributed by atoms with Gasteiger partial charge in [0.25, 0.3) is 11.5 Å². The highest BCUT2D eigenvalue weighted by Gasteiger charge is 2.30. The minimum absolute atomic E-state index is 0.119. The molecule has 0 unspecified atom stereocenters. The molecule has 0 aliphatic heterocycles. The Morgan fingerprint density at radius 2 is 1.81 bits per heavy atom. The van der Waals surface area contributed by atoms with Crippen molar-refractivity contribution in [1.29, 1.82) is 0 Å². The van der Waals surface area contributed by atoms with Crippen LogP contribution < -0.4 is 20.3 Å². The highest BCUT2D eigenvalue weighted by atomic mass is 19.4. The Bertz CT molecular complexity index is 1160. The summed E-state index contributed by atoms with van der Waals surface area (Å²) >= 11 is 0. The molecule has 1 amide bonds. The average Bonchev–Trinajstić information content (AvgIpc) is 2.74. The number of carbonyl (C=O) groups excluding carboxylic acids is 1. The molecule has 0 fully saturated rings. The molecule has 0 saturated carbocycles. The molecule has 31 heavy (non-hydrogen) atoms. The van der Waals surface area contributed by atoms with Crippen LogP contribution in [0.2, 0.25) is 0 Å². The van der Waals surface area contributed by atoms with Gasteiger partial charge in [0.15, 0.2) is 0 Å². The number of aromatic nitrogens is 1. The van der Waals surface area contributed by atoms with E-state index in [9.17, 15) is 22.8 Å². The highest BCUT2D eigenvalue weighted by molar-refractivity contribution is 6.04. The number of methoxy groups -OCH3 is 2. The number of pyridine rings is 1. The van der Waals surface area contributed by atoms with Crippen LogP contribution in [0, 0.1) is 0 Å². The van der Waals surface area contributed by atoms with Gasteiger partial charge in [-0.05, 0) is 35.9 Å².